The van der Waals surface area contributed by atoms with Crippen molar-refractivity contribution < 1.29 is 9.59 Å². The Morgan fingerprint density at radius 3 is 2.65 bits per heavy atom. The van der Waals surface area contributed by atoms with Crippen molar-refractivity contribution in [2.24, 2.45) is 11.7 Å². The van der Waals surface area contributed by atoms with Crippen molar-refractivity contribution in [1.29, 1.82) is 0 Å². The first kappa shape index (κ1) is 20.2. The Hall–Kier alpha value is -0.810. The third-order valence-corrected chi connectivity index (χ3v) is 5.13. The van der Waals surface area contributed by atoms with Crippen LogP contribution < -0.4 is 11.1 Å². The maximum Gasteiger partial charge on any atom is 0.227 e. The van der Waals surface area contributed by atoms with Gasteiger partial charge >= 0.3 is 0 Å². The van der Waals surface area contributed by atoms with Crippen LogP contribution in [0.5, 0.6) is 0 Å². The summed E-state index contributed by atoms with van der Waals surface area (Å²) in [5.74, 6) is 0.230. The molecule has 3 unspecified atom stereocenters. The van der Waals surface area contributed by atoms with E-state index in [2.05, 4.69) is 5.32 Å². The molecule has 1 saturated carbocycles. The lowest BCUT2D eigenvalue weighted by molar-refractivity contribution is -0.141. The fourth-order valence-electron chi connectivity index (χ4n) is 3.81. The van der Waals surface area contributed by atoms with E-state index in [1.54, 1.807) is 0 Å². The summed E-state index contributed by atoms with van der Waals surface area (Å²) in [6.07, 6.45) is 7.37. The average Bonchev–Trinajstić information content (AvgIpc) is 2.46. The van der Waals surface area contributed by atoms with Crippen LogP contribution in [0.3, 0.4) is 0 Å². The molecule has 3 N–H and O–H groups in total. The normalized spacial score (nSPS) is 31.2. The summed E-state index contributed by atoms with van der Waals surface area (Å²) in [6.45, 7) is 5.45. The number of likely N-dealkylation sites (tertiary alicyclic amines) is 1. The number of nitrogens with zero attached hydrogens (tertiary/aromatic N) is 1. The SMILES string of the molecule is CCCC(=O)NC1CCCN(C(=O)C2CCCCC2(C)N)C1.Cl. The van der Waals surface area contributed by atoms with Gasteiger partial charge in [-0.05, 0) is 39.0 Å². The Balaban J connectivity index is 0.00000264. The molecule has 2 amide bonds. The number of nitrogens with one attached hydrogen (secondary N) is 1. The first-order valence-corrected chi connectivity index (χ1v) is 8.81. The molecule has 2 fully saturated rings. The zero-order valence-electron chi connectivity index (χ0n) is 14.5. The highest BCUT2D eigenvalue weighted by molar-refractivity contribution is 5.85. The van der Waals surface area contributed by atoms with Crippen molar-refractivity contribution in [3.05, 3.63) is 0 Å². The van der Waals surface area contributed by atoms with Crippen LogP contribution in [0.4, 0.5) is 0 Å². The van der Waals surface area contributed by atoms with Gasteiger partial charge in [-0.15, -0.1) is 12.4 Å². The third kappa shape index (κ3) is 5.35. The van der Waals surface area contributed by atoms with Crippen LogP contribution in [0.15, 0.2) is 0 Å². The molecule has 1 saturated heterocycles. The number of rotatable bonds is 4. The van der Waals surface area contributed by atoms with Gasteiger partial charge in [0, 0.05) is 31.1 Å². The van der Waals surface area contributed by atoms with Crippen LogP contribution >= 0.6 is 12.4 Å². The molecule has 5 nitrogen and oxygen atoms in total. The summed E-state index contributed by atoms with van der Waals surface area (Å²) >= 11 is 0. The highest BCUT2D eigenvalue weighted by atomic mass is 35.5. The number of hydrogen-bond donors (Lipinski definition) is 2. The van der Waals surface area contributed by atoms with Gasteiger partial charge in [-0.25, -0.2) is 0 Å². The van der Waals surface area contributed by atoms with Crippen molar-refractivity contribution in [2.45, 2.75) is 76.8 Å². The van der Waals surface area contributed by atoms with Gasteiger partial charge in [0.05, 0.1) is 5.92 Å². The lowest BCUT2D eigenvalue weighted by atomic mass is 9.74. The van der Waals surface area contributed by atoms with Crippen molar-refractivity contribution in [3.63, 3.8) is 0 Å². The molecule has 6 heteroatoms. The number of carbonyl (C=O) groups is 2. The molecule has 0 aromatic rings. The highest BCUT2D eigenvalue weighted by Gasteiger charge is 2.40. The van der Waals surface area contributed by atoms with E-state index in [0.717, 1.165) is 51.5 Å². The maximum atomic E-state index is 12.9. The molecule has 1 aliphatic heterocycles. The highest BCUT2D eigenvalue weighted by Crippen LogP contribution is 2.33. The largest absolute Gasteiger partial charge is 0.352 e. The summed E-state index contributed by atoms with van der Waals surface area (Å²) in [5.41, 5.74) is 5.99. The number of halogens is 1. The zero-order chi connectivity index (χ0) is 16.2. The molecule has 134 valence electrons. The van der Waals surface area contributed by atoms with E-state index in [0.29, 0.717) is 13.0 Å². The van der Waals surface area contributed by atoms with Crippen molar-refractivity contribution in [2.75, 3.05) is 13.1 Å². The molecule has 0 aromatic heterocycles. The van der Waals surface area contributed by atoms with E-state index in [1.165, 1.54) is 0 Å². The van der Waals surface area contributed by atoms with Crippen molar-refractivity contribution in [3.8, 4) is 0 Å². The summed E-state index contributed by atoms with van der Waals surface area (Å²) in [7, 11) is 0. The quantitative estimate of drug-likeness (QED) is 0.820. The number of hydrogen-bond acceptors (Lipinski definition) is 3. The van der Waals surface area contributed by atoms with Gasteiger partial charge < -0.3 is 16.0 Å². The maximum absolute atomic E-state index is 12.9. The molecule has 1 heterocycles. The summed E-state index contributed by atoms with van der Waals surface area (Å²) in [5, 5.41) is 3.06. The van der Waals surface area contributed by atoms with Gasteiger partial charge in [-0.1, -0.05) is 19.8 Å². The van der Waals surface area contributed by atoms with Crippen molar-refractivity contribution in [1.82, 2.24) is 10.2 Å². The average molecular weight is 346 g/mol. The fraction of sp³-hybridized carbons (Fsp3) is 0.882. The second-order valence-corrected chi connectivity index (χ2v) is 7.25. The standard InChI is InChI=1S/C17H31N3O2.ClH/c1-3-7-15(21)19-13-8-6-11-20(12-13)16(22)14-9-4-5-10-17(14,2)18;/h13-14H,3-12,18H2,1-2H3,(H,19,21);1H. The van der Waals surface area contributed by atoms with Crippen LogP contribution in [-0.2, 0) is 9.59 Å². The number of nitrogens with two attached hydrogens (primary N) is 1. The third-order valence-electron chi connectivity index (χ3n) is 5.13. The lowest BCUT2D eigenvalue weighted by Crippen LogP contribution is -2.57. The Kier molecular flexibility index (Phi) is 7.81. The molecular weight excluding hydrogens is 314 g/mol. The van der Waals surface area contributed by atoms with Gasteiger partial charge in [0.25, 0.3) is 0 Å². The van der Waals surface area contributed by atoms with Crippen LogP contribution in [-0.4, -0.2) is 41.4 Å². The van der Waals surface area contributed by atoms with Crippen LogP contribution in [0.25, 0.3) is 0 Å². The Morgan fingerprint density at radius 1 is 1.26 bits per heavy atom. The van der Waals surface area contributed by atoms with Crippen LogP contribution in [0.2, 0.25) is 0 Å². The molecule has 0 spiro atoms. The minimum atomic E-state index is -0.381. The summed E-state index contributed by atoms with van der Waals surface area (Å²) in [4.78, 5) is 26.5. The molecular formula is C17H32ClN3O2. The van der Waals surface area contributed by atoms with E-state index in [4.69, 9.17) is 5.73 Å². The zero-order valence-corrected chi connectivity index (χ0v) is 15.3. The van der Waals surface area contributed by atoms with Crippen molar-refractivity contribution >= 4 is 24.2 Å². The van der Waals surface area contributed by atoms with Gasteiger partial charge in [0.15, 0.2) is 0 Å². The Bertz CT molecular complexity index is 415. The minimum Gasteiger partial charge on any atom is -0.352 e. The molecule has 1 aliphatic carbocycles. The predicted octanol–water partition coefficient (Wildman–Crippen LogP) is 2.22. The van der Waals surface area contributed by atoms with E-state index >= 15 is 0 Å². The smallest absolute Gasteiger partial charge is 0.227 e. The summed E-state index contributed by atoms with van der Waals surface area (Å²) < 4.78 is 0. The Morgan fingerprint density at radius 2 is 2.00 bits per heavy atom. The van der Waals surface area contributed by atoms with E-state index < -0.39 is 0 Å². The number of piperidine rings is 1. The first-order valence-electron chi connectivity index (χ1n) is 8.81. The van der Waals surface area contributed by atoms with E-state index in [-0.39, 0.29) is 41.7 Å². The summed E-state index contributed by atoms with van der Waals surface area (Å²) in [6, 6.07) is 0.101. The fourth-order valence-corrected chi connectivity index (χ4v) is 3.81. The minimum absolute atomic E-state index is 0. The monoisotopic (exact) mass is 345 g/mol. The molecule has 0 aromatic carbocycles. The molecule has 2 rings (SSSR count). The van der Waals surface area contributed by atoms with Crippen LogP contribution in [0.1, 0.15) is 65.2 Å². The van der Waals surface area contributed by atoms with Gasteiger partial charge in [0.1, 0.15) is 0 Å². The molecule has 0 radical (unpaired) electrons. The molecule has 2 aliphatic rings. The molecule has 23 heavy (non-hydrogen) atoms. The topological polar surface area (TPSA) is 75.4 Å². The van der Waals surface area contributed by atoms with Gasteiger partial charge in [0.2, 0.25) is 11.8 Å². The van der Waals surface area contributed by atoms with Gasteiger partial charge in [-0.3, -0.25) is 9.59 Å². The van der Waals surface area contributed by atoms with E-state index in [9.17, 15) is 9.59 Å². The van der Waals surface area contributed by atoms with E-state index in [1.807, 2.05) is 18.7 Å². The number of amides is 2. The van der Waals surface area contributed by atoms with Crippen LogP contribution in [0, 0.1) is 5.92 Å². The second kappa shape index (κ2) is 8.88. The van der Waals surface area contributed by atoms with Gasteiger partial charge in [-0.2, -0.15) is 0 Å². The molecule has 0 bridgehead atoms. The first-order chi connectivity index (χ1) is 10.4. The second-order valence-electron chi connectivity index (χ2n) is 7.25. The lowest BCUT2D eigenvalue weighted by Gasteiger charge is -2.42. The number of carbonyl (C=O) groups excluding carboxylic acids is 2. The molecule has 3 atom stereocenters. The predicted molar refractivity (Wildman–Crippen MR) is 94.5 cm³/mol. The Labute approximate surface area is 146 Å².